The van der Waals surface area contributed by atoms with Crippen molar-refractivity contribution < 1.29 is 4.42 Å². The van der Waals surface area contributed by atoms with Crippen LogP contribution in [0.1, 0.15) is 37.0 Å². The second-order valence-electron chi connectivity index (χ2n) is 4.85. The lowest BCUT2D eigenvalue weighted by molar-refractivity contribution is 0.313. The smallest absolute Gasteiger partial charge is 0.220 e. The Kier molecular flexibility index (Phi) is 2.24. The van der Waals surface area contributed by atoms with Crippen molar-refractivity contribution in [1.82, 2.24) is 15.1 Å². The fraction of sp³-hybridized carbons (Fsp3) is 0.818. The van der Waals surface area contributed by atoms with E-state index >= 15 is 0 Å². The lowest BCUT2D eigenvalue weighted by Crippen LogP contribution is -2.22. The summed E-state index contributed by atoms with van der Waals surface area (Å²) in [5.41, 5.74) is 0. The van der Waals surface area contributed by atoms with Crippen LogP contribution in [0.3, 0.4) is 0 Å². The van der Waals surface area contributed by atoms with Gasteiger partial charge < -0.3 is 9.32 Å². The second kappa shape index (κ2) is 3.59. The Labute approximate surface area is 89.7 Å². The van der Waals surface area contributed by atoms with Crippen LogP contribution in [0.15, 0.2) is 4.42 Å². The third kappa shape index (κ3) is 2.04. The molecule has 0 radical (unpaired) electrons. The summed E-state index contributed by atoms with van der Waals surface area (Å²) in [6.45, 7) is 5.44. The van der Waals surface area contributed by atoms with Crippen LogP contribution in [0.4, 0.5) is 0 Å². The minimum absolute atomic E-state index is 0.477. The van der Waals surface area contributed by atoms with E-state index in [1.807, 2.05) is 6.92 Å². The molecule has 1 saturated heterocycles. The molecule has 2 fully saturated rings. The average molecular weight is 207 g/mol. The maximum Gasteiger partial charge on any atom is 0.220 e. The summed E-state index contributed by atoms with van der Waals surface area (Å²) in [6, 6.07) is 0. The molecule has 4 nitrogen and oxygen atoms in total. The summed E-state index contributed by atoms with van der Waals surface area (Å²) in [7, 11) is 0. The Morgan fingerprint density at radius 1 is 1.33 bits per heavy atom. The van der Waals surface area contributed by atoms with E-state index in [0.29, 0.717) is 11.8 Å². The van der Waals surface area contributed by atoms with Crippen molar-refractivity contribution in [3.63, 3.8) is 0 Å². The van der Waals surface area contributed by atoms with E-state index in [4.69, 9.17) is 4.42 Å². The van der Waals surface area contributed by atoms with Gasteiger partial charge in [0.15, 0.2) is 0 Å². The molecule has 0 amide bonds. The number of aromatic nitrogens is 2. The standard InChI is InChI=1S/C11H17N3O/c1-8-12-13-11(15-8)10-4-5-14(7-10)6-9-2-3-9/h9-10H,2-7H2,1H3/t10-/m0/s1. The van der Waals surface area contributed by atoms with Gasteiger partial charge in [0.2, 0.25) is 11.8 Å². The first-order chi connectivity index (χ1) is 7.31. The Balaban J connectivity index is 1.60. The van der Waals surface area contributed by atoms with Gasteiger partial charge in [0, 0.05) is 20.0 Å². The number of aryl methyl sites for hydroxylation is 1. The Morgan fingerprint density at radius 2 is 2.20 bits per heavy atom. The van der Waals surface area contributed by atoms with Gasteiger partial charge in [0.05, 0.1) is 5.92 Å². The zero-order valence-electron chi connectivity index (χ0n) is 9.15. The van der Waals surface area contributed by atoms with E-state index in [1.165, 1.54) is 32.4 Å². The minimum Gasteiger partial charge on any atom is -0.425 e. The van der Waals surface area contributed by atoms with E-state index in [1.54, 1.807) is 0 Å². The molecule has 0 unspecified atom stereocenters. The topological polar surface area (TPSA) is 42.2 Å². The zero-order chi connectivity index (χ0) is 10.3. The van der Waals surface area contributed by atoms with Gasteiger partial charge in [-0.3, -0.25) is 0 Å². The van der Waals surface area contributed by atoms with Gasteiger partial charge in [-0.1, -0.05) is 0 Å². The molecule has 2 aliphatic rings. The average Bonchev–Trinajstić information content (AvgIpc) is 2.74. The van der Waals surface area contributed by atoms with Crippen molar-refractivity contribution in [3.8, 4) is 0 Å². The van der Waals surface area contributed by atoms with Crippen LogP contribution >= 0.6 is 0 Å². The van der Waals surface area contributed by atoms with Crippen LogP contribution in [-0.2, 0) is 0 Å². The van der Waals surface area contributed by atoms with Gasteiger partial charge in [0.1, 0.15) is 0 Å². The highest BCUT2D eigenvalue weighted by atomic mass is 16.4. The zero-order valence-corrected chi connectivity index (χ0v) is 9.15. The molecule has 1 saturated carbocycles. The van der Waals surface area contributed by atoms with Crippen LogP contribution in [0.5, 0.6) is 0 Å². The molecule has 1 aromatic rings. The predicted octanol–water partition coefficient (Wildman–Crippen LogP) is 1.58. The van der Waals surface area contributed by atoms with Gasteiger partial charge in [-0.2, -0.15) is 0 Å². The molecule has 0 bridgehead atoms. The third-order valence-corrected chi connectivity index (χ3v) is 3.38. The van der Waals surface area contributed by atoms with Crippen LogP contribution in [0.2, 0.25) is 0 Å². The lowest BCUT2D eigenvalue weighted by Gasteiger charge is -2.13. The molecule has 15 heavy (non-hydrogen) atoms. The summed E-state index contributed by atoms with van der Waals surface area (Å²) in [4.78, 5) is 2.54. The Hall–Kier alpha value is -0.900. The Bertz CT molecular complexity index is 345. The Morgan fingerprint density at radius 3 is 2.87 bits per heavy atom. The van der Waals surface area contributed by atoms with Crippen molar-refractivity contribution in [3.05, 3.63) is 11.8 Å². The van der Waals surface area contributed by atoms with E-state index in [2.05, 4.69) is 15.1 Å². The predicted molar refractivity (Wildman–Crippen MR) is 55.6 cm³/mol. The molecule has 1 atom stereocenters. The van der Waals surface area contributed by atoms with E-state index in [-0.39, 0.29) is 0 Å². The maximum absolute atomic E-state index is 5.49. The first-order valence-corrected chi connectivity index (χ1v) is 5.83. The summed E-state index contributed by atoms with van der Waals surface area (Å²) in [5.74, 6) is 2.98. The van der Waals surface area contributed by atoms with Crippen molar-refractivity contribution in [1.29, 1.82) is 0 Å². The minimum atomic E-state index is 0.477. The van der Waals surface area contributed by atoms with Crippen molar-refractivity contribution in [2.45, 2.75) is 32.1 Å². The molecule has 4 heteroatoms. The molecule has 1 aliphatic heterocycles. The van der Waals surface area contributed by atoms with Crippen LogP contribution in [-0.4, -0.2) is 34.7 Å². The number of nitrogens with zero attached hydrogens (tertiary/aromatic N) is 3. The molecule has 2 heterocycles. The summed E-state index contributed by atoms with van der Waals surface area (Å²) in [6.07, 6.45) is 4.04. The maximum atomic E-state index is 5.49. The fourth-order valence-corrected chi connectivity index (χ4v) is 2.34. The largest absolute Gasteiger partial charge is 0.425 e. The van der Waals surface area contributed by atoms with E-state index in [0.717, 1.165) is 18.4 Å². The normalized spacial score (nSPS) is 27.4. The lowest BCUT2D eigenvalue weighted by atomic mass is 10.1. The van der Waals surface area contributed by atoms with Crippen molar-refractivity contribution in [2.75, 3.05) is 19.6 Å². The van der Waals surface area contributed by atoms with Gasteiger partial charge in [0.25, 0.3) is 0 Å². The molecule has 0 N–H and O–H groups in total. The summed E-state index contributed by atoms with van der Waals surface area (Å²) < 4.78 is 5.49. The van der Waals surface area contributed by atoms with Crippen LogP contribution in [0, 0.1) is 12.8 Å². The van der Waals surface area contributed by atoms with Gasteiger partial charge >= 0.3 is 0 Å². The third-order valence-electron chi connectivity index (χ3n) is 3.38. The fourth-order valence-electron chi connectivity index (χ4n) is 2.34. The van der Waals surface area contributed by atoms with Crippen molar-refractivity contribution in [2.24, 2.45) is 5.92 Å². The molecular formula is C11H17N3O. The van der Waals surface area contributed by atoms with E-state index < -0.39 is 0 Å². The van der Waals surface area contributed by atoms with Crippen LogP contribution < -0.4 is 0 Å². The summed E-state index contributed by atoms with van der Waals surface area (Å²) >= 11 is 0. The molecule has 0 aromatic carbocycles. The first-order valence-electron chi connectivity index (χ1n) is 5.83. The van der Waals surface area contributed by atoms with E-state index in [9.17, 15) is 0 Å². The molecule has 1 aromatic heterocycles. The van der Waals surface area contributed by atoms with Crippen molar-refractivity contribution >= 4 is 0 Å². The summed E-state index contributed by atoms with van der Waals surface area (Å²) in [5, 5.41) is 8.01. The second-order valence-corrected chi connectivity index (χ2v) is 4.85. The van der Waals surface area contributed by atoms with Gasteiger partial charge in [-0.05, 0) is 31.7 Å². The SMILES string of the molecule is Cc1nnc([C@H]2CCN(CC3CC3)C2)o1. The van der Waals surface area contributed by atoms with Gasteiger partial charge in [-0.15, -0.1) is 10.2 Å². The highest BCUT2D eigenvalue weighted by molar-refractivity contribution is 4.97. The number of rotatable bonds is 3. The molecule has 0 spiro atoms. The number of likely N-dealkylation sites (tertiary alicyclic amines) is 1. The number of hydrogen-bond donors (Lipinski definition) is 0. The molecule has 1 aliphatic carbocycles. The molecule has 82 valence electrons. The number of hydrogen-bond acceptors (Lipinski definition) is 4. The highest BCUT2D eigenvalue weighted by Crippen LogP contribution is 2.33. The van der Waals surface area contributed by atoms with Gasteiger partial charge in [-0.25, -0.2) is 0 Å². The highest BCUT2D eigenvalue weighted by Gasteiger charge is 2.31. The van der Waals surface area contributed by atoms with Crippen LogP contribution in [0.25, 0.3) is 0 Å². The monoisotopic (exact) mass is 207 g/mol. The molecular weight excluding hydrogens is 190 g/mol. The molecule has 3 rings (SSSR count). The quantitative estimate of drug-likeness (QED) is 0.754. The first kappa shape index (κ1) is 9.33.